The molecule has 10 N–H and O–H groups in total. The Morgan fingerprint density at radius 2 is 0.878 bits per heavy atom. The lowest BCUT2D eigenvalue weighted by Crippen LogP contribution is -2.41. The second-order valence-electron chi connectivity index (χ2n) is 11.1. The molecule has 0 aliphatic carbocycles. The molecule has 0 fully saturated rings. The first-order chi connectivity index (χ1) is 18.7. The SMILES string of the molecule is CCCC(C)(C)NCC(O)c1cc(O)cc(O)c1.CCCC(C)(C)NCC(O)c1cc(O)cc(O)c1.O=S(=O)(O)O. The topological polar surface area (TPSA) is 220 Å². The highest BCUT2D eigenvalue weighted by Crippen LogP contribution is 2.26. The van der Waals surface area contributed by atoms with Gasteiger partial charge in [-0.25, -0.2) is 0 Å². The van der Waals surface area contributed by atoms with Crippen LogP contribution in [0.1, 0.15) is 90.6 Å². The number of phenolic OH excluding ortho intramolecular Hbond substituents is 4. The Balaban J connectivity index is 0.000000671. The number of rotatable bonds is 12. The van der Waals surface area contributed by atoms with Crippen molar-refractivity contribution in [2.45, 2.75) is 90.5 Å². The van der Waals surface area contributed by atoms with Crippen molar-refractivity contribution >= 4 is 10.4 Å². The number of benzene rings is 2. The second kappa shape index (κ2) is 17.3. The quantitative estimate of drug-likeness (QED) is 0.156. The van der Waals surface area contributed by atoms with E-state index < -0.39 is 22.6 Å². The zero-order valence-electron chi connectivity index (χ0n) is 24.7. The second-order valence-corrected chi connectivity index (χ2v) is 12.0. The Morgan fingerprint density at radius 3 is 1.10 bits per heavy atom. The Kier molecular flexibility index (Phi) is 16.2. The van der Waals surface area contributed by atoms with Crippen LogP contribution < -0.4 is 10.6 Å². The van der Waals surface area contributed by atoms with E-state index >= 15 is 0 Å². The Morgan fingerprint density at radius 1 is 0.634 bits per heavy atom. The van der Waals surface area contributed by atoms with E-state index in [1.165, 1.54) is 36.4 Å². The fraction of sp³-hybridized carbons (Fsp3) is 0.571. The van der Waals surface area contributed by atoms with E-state index in [9.17, 15) is 30.6 Å². The molecule has 0 aromatic heterocycles. The fourth-order valence-corrected chi connectivity index (χ4v) is 4.03. The molecule has 0 aliphatic heterocycles. The molecule has 0 saturated carbocycles. The number of aromatic hydroxyl groups is 4. The van der Waals surface area contributed by atoms with Crippen molar-refractivity contribution in [2.75, 3.05) is 13.1 Å². The van der Waals surface area contributed by atoms with Gasteiger partial charge in [0.15, 0.2) is 0 Å². The molecule has 2 unspecified atom stereocenters. The summed E-state index contributed by atoms with van der Waals surface area (Å²) in [6, 6.07) is 8.31. The number of aliphatic hydroxyl groups is 2. The van der Waals surface area contributed by atoms with Gasteiger partial charge in [0.1, 0.15) is 23.0 Å². The molecule has 12 nitrogen and oxygen atoms in total. The van der Waals surface area contributed by atoms with Gasteiger partial charge in [0, 0.05) is 36.3 Å². The third-order valence-corrected chi connectivity index (χ3v) is 5.92. The van der Waals surface area contributed by atoms with E-state index in [-0.39, 0.29) is 34.1 Å². The summed E-state index contributed by atoms with van der Waals surface area (Å²) < 4.78 is 31.6. The summed E-state index contributed by atoms with van der Waals surface area (Å²) in [5, 5.41) is 64.1. The van der Waals surface area contributed by atoms with Gasteiger partial charge < -0.3 is 41.3 Å². The van der Waals surface area contributed by atoms with E-state index in [0.29, 0.717) is 24.2 Å². The first-order valence-electron chi connectivity index (χ1n) is 13.3. The van der Waals surface area contributed by atoms with Gasteiger partial charge in [0.25, 0.3) is 0 Å². The average molecular weight is 605 g/mol. The summed E-state index contributed by atoms with van der Waals surface area (Å²) >= 11 is 0. The predicted octanol–water partition coefficient (Wildman–Crippen LogP) is 3.95. The highest BCUT2D eigenvalue weighted by molar-refractivity contribution is 7.79. The molecule has 0 saturated heterocycles. The van der Waals surface area contributed by atoms with E-state index in [4.69, 9.17) is 17.5 Å². The predicted molar refractivity (Wildman–Crippen MR) is 158 cm³/mol. The van der Waals surface area contributed by atoms with E-state index in [1.807, 2.05) is 0 Å². The summed E-state index contributed by atoms with van der Waals surface area (Å²) in [6.07, 6.45) is 2.68. The molecule has 0 radical (unpaired) electrons. The van der Waals surface area contributed by atoms with Gasteiger partial charge in [-0.05, 0) is 75.9 Å². The maximum Gasteiger partial charge on any atom is 0.394 e. The average Bonchev–Trinajstić information content (AvgIpc) is 2.79. The number of hydrogen-bond acceptors (Lipinski definition) is 10. The van der Waals surface area contributed by atoms with Gasteiger partial charge in [-0.1, -0.05) is 26.7 Å². The van der Waals surface area contributed by atoms with Crippen molar-refractivity contribution in [3.05, 3.63) is 47.5 Å². The van der Waals surface area contributed by atoms with E-state index in [0.717, 1.165) is 25.7 Å². The minimum atomic E-state index is -4.67. The van der Waals surface area contributed by atoms with Crippen LogP contribution >= 0.6 is 0 Å². The van der Waals surface area contributed by atoms with Gasteiger partial charge in [-0.3, -0.25) is 9.11 Å². The Hall–Kier alpha value is -2.65. The molecule has 2 aromatic rings. The van der Waals surface area contributed by atoms with Crippen LogP contribution in [0.15, 0.2) is 36.4 Å². The van der Waals surface area contributed by atoms with Gasteiger partial charge in [-0.2, -0.15) is 8.42 Å². The molecule has 0 heterocycles. The van der Waals surface area contributed by atoms with Gasteiger partial charge in [0.05, 0.1) is 12.2 Å². The van der Waals surface area contributed by atoms with Gasteiger partial charge in [-0.15, -0.1) is 0 Å². The highest BCUT2D eigenvalue weighted by Gasteiger charge is 2.19. The molecular formula is C28H48N2O10S. The Labute approximate surface area is 243 Å². The lowest BCUT2D eigenvalue weighted by Gasteiger charge is -2.27. The molecule has 0 spiro atoms. The van der Waals surface area contributed by atoms with E-state index in [1.54, 1.807) is 0 Å². The normalized spacial score (nSPS) is 13.3. The molecule has 0 aliphatic rings. The first-order valence-corrected chi connectivity index (χ1v) is 14.7. The number of phenols is 4. The highest BCUT2D eigenvalue weighted by atomic mass is 32.3. The molecule has 2 aromatic carbocycles. The molecular weight excluding hydrogens is 556 g/mol. The van der Waals surface area contributed by atoms with Crippen molar-refractivity contribution in [2.24, 2.45) is 0 Å². The maximum atomic E-state index is 10.0. The van der Waals surface area contributed by atoms with Crippen molar-refractivity contribution in [3.8, 4) is 23.0 Å². The minimum Gasteiger partial charge on any atom is -0.508 e. The summed E-state index contributed by atoms with van der Waals surface area (Å²) in [7, 11) is -4.67. The standard InChI is InChI=1S/2C14H23NO3.H2O4S/c2*1-4-5-14(2,3)15-9-13(18)10-6-11(16)8-12(17)7-10;1-5(2,3)4/h2*6-8,13,15-18H,4-5,9H2,1-3H3;(H2,1,2,3,4). The minimum absolute atomic E-state index is 0.0331. The zero-order chi connectivity index (χ0) is 32.0. The van der Waals surface area contributed by atoms with Crippen LogP contribution in [0.3, 0.4) is 0 Å². The molecule has 236 valence electrons. The van der Waals surface area contributed by atoms with Gasteiger partial charge in [0.2, 0.25) is 0 Å². The van der Waals surface area contributed by atoms with Crippen molar-refractivity contribution in [1.29, 1.82) is 0 Å². The molecule has 0 amide bonds. The largest absolute Gasteiger partial charge is 0.508 e. The fourth-order valence-electron chi connectivity index (χ4n) is 4.03. The van der Waals surface area contributed by atoms with Crippen molar-refractivity contribution < 1.29 is 48.2 Å². The number of nitrogens with one attached hydrogen (secondary N) is 2. The molecule has 2 atom stereocenters. The number of aliphatic hydroxyl groups excluding tert-OH is 2. The van der Waals surface area contributed by atoms with Crippen molar-refractivity contribution in [1.82, 2.24) is 10.6 Å². The van der Waals surface area contributed by atoms with Crippen LogP contribution in [0.2, 0.25) is 0 Å². The van der Waals surface area contributed by atoms with Crippen LogP contribution in [-0.2, 0) is 10.4 Å². The monoisotopic (exact) mass is 604 g/mol. The summed E-state index contributed by atoms with van der Waals surface area (Å²) in [6.45, 7) is 13.4. The van der Waals surface area contributed by atoms with Crippen molar-refractivity contribution in [3.63, 3.8) is 0 Å². The molecule has 13 heteroatoms. The van der Waals surface area contributed by atoms with Crippen LogP contribution in [-0.4, -0.2) is 72.3 Å². The molecule has 41 heavy (non-hydrogen) atoms. The van der Waals surface area contributed by atoms with E-state index in [2.05, 4.69) is 52.2 Å². The molecule has 2 rings (SSSR count). The third kappa shape index (κ3) is 19.2. The zero-order valence-corrected chi connectivity index (χ0v) is 25.5. The summed E-state index contributed by atoms with van der Waals surface area (Å²) in [5.41, 5.74) is 0.947. The first kappa shape index (κ1) is 38.4. The van der Waals surface area contributed by atoms with Crippen LogP contribution in [0.5, 0.6) is 23.0 Å². The van der Waals surface area contributed by atoms with Gasteiger partial charge >= 0.3 is 10.4 Å². The summed E-state index contributed by atoms with van der Waals surface area (Å²) in [5.74, 6) is -0.178. The van der Waals surface area contributed by atoms with Crippen LogP contribution in [0, 0.1) is 0 Å². The maximum absolute atomic E-state index is 10.0. The lowest BCUT2D eigenvalue weighted by atomic mass is 9.98. The third-order valence-electron chi connectivity index (χ3n) is 5.92. The Bertz CT molecular complexity index is 1030. The summed E-state index contributed by atoms with van der Waals surface area (Å²) in [4.78, 5) is 0. The smallest absolute Gasteiger partial charge is 0.394 e. The van der Waals surface area contributed by atoms with Crippen LogP contribution in [0.4, 0.5) is 0 Å². The molecule has 0 bridgehead atoms. The lowest BCUT2D eigenvalue weighted by molar-refractivity contribution is 0.158. The van der Waals surface area contributed by atoms with Crippen LogP contribution in [0.25, 0.3) is 0 Å². The number of β-amino-alcohol motifs (C(OH)–C–C–N with tert-alkyl or cyclic N) is 2. The number of hydrogen-bond donors (Lipinski definition) is 10.